The minimum Gasteiger partial charge on any atom is -0.353 e. The molecule has 3 aromatic rings. The SMILES string of the molecule is Cc1cc(-c2cccc3c(C(=O)N4CCC5(CC4)NCCNC5=O)cccc23)ccc1Cl. The molecule has 0 saturated carbocycles. The number of likely N-dealkylation sites (tertiary alicyclic amines) is 1. The molecule has 2 aliphatic heterocycles. The molecule has 2 N–H and O–H groups in total. The number of hydrogen-bond donors (Lipinski definition) is 2. The topological polar surface area (TPSA) is 61.4 Å². The summed E-state index contributed by atoms with van der Waals surface area (Å²) in [5.41, 5.74) is 3.35. The lowest BCUT2D eigenvalue weighted by atomic mass is 9.85. The van der Waals surface area contributed by atoms with Gasteiger partial charge in [0, 0.05) is 36.8 Å². The molecule has 2 aliphatic rings. The molecule has 32 heavy (non-hydrogen) atoms. The second-order valence-electron chi connectivity index (χ2n) is 8.73. The van der Waals surface area contributed by atoms with E-state index in [9.17, 15) is 9.59 Å². The summed E-state index contributed by atoms with van der Waals surface area (Å²) in [6.45, 7) is 4.55. The van der Waals surface area contributed by atoms with Crippen molar-refractivity contribution in [1.82, 2.24) is 15.5 Å². The van der Waals surface area contributed by atoms with Gasteiger partial charge < -0.3 is 15.5 Å². The van der Waals surface area contributed by atoms with Crippen LogP contribution in [0.2, 0.25) is 5.02 Å². The third kappa shape index (κ3) is 3.55. The number of benzene rings is 3. The van der Waals surface area contributed by atoms with Crippen LogP contribution in [-0.4, -0.2) is 48.4 Å². The van der Waals surface area contributed by atoms with Crippen molar-refractivity contribution in [1.29, 1.82) is 0 Å². The lowest BCUT2D eigenvalue weighted by Crippen LogP contribution is -2.66. The van der Waals surface area contributed by atoms with Crippen LogP contribution in [-0.2, 0) is 4.79 Å². The van der Waals surface area contributed by atoms with Crippen molar-refractivity contribution in [3.63, 3.8) is 0 Å². The molecular weight excluding hydrogens is 422 g/mol. The molecule has 0 unspecified atom stereocenters. The first kappa shape index (κ1) is 21.0. The smallest absolute Gasteiger partial charge is 0.254 e. The van der Waals surface area contributed by atoms with E-state index in [1.165, 1.54) is 0 Å². The van der Waals surface area contributed by atoms with Gasteiger partial charge in [0.1, 0.15) is 5.54 Å². The average molecular weight is 448 g/mol. The zero-order valence-electron chi connectivity index (χ0n) is 18.1. The van der Waals surface area contributed by atoms with Gasteiger partial charge in [-0.2, -0.15) is 0 Å². The number of carbonyl (C=O) groups is 2. The van der Waals surface area contributed by atoms with Gasteiger partial charge in [0.05, 0.1) is 0 Å². The summed E-state index contributed by atoms with van der Waals surface area (Å²) >= 11 is 6.22. The maximum Gasteiger partial charge on any atom is 0.254 e. The highest BCUT2D eigenvalue weighted by molar-refractivity contribution is 6.31. The summed E-state index contributed by atoms with van der Waals surface area (Å²) in [4.78, 5) is 27.8. The molecule has 164 valence electrons. The highest BCUT2D eigenvalue weighted by atomic mass is 35.5. The third-order valence-corrected chi connectivity index (χ3v) is 7.26. The fourth-order valence-corrected chi connectivity index (χ4v) is 5.07. The van der Waals surface area contributed by atoms with Crippen molar-refractivity contribution in [2.24, 2.45) is 0 Å². The van der Waals surface area contributed by atoms with Crippen LogP contribution in [0.4, 0.5) is 0 Å². The number of piperazine rings is 1. The van der Waals surface area contributed by atoms with Crippen LogP contribution in [0.15, 0.2) is 54.6 Å². The van der Waals surface area contributed by atoms with E-state index in [1.807, 2.05) is 48.2 Å². The Labute approximate surface area is 192 Å². The van der Waals surface area contributed by atoms with Gasteiger partial charge in [-0.15, -0.1) is 0 Å². The molecule has 0 aromatic heterocycles. The number of aryl methyl sites for hydroxylation is 1. The van der Waals surface area contributed by atoms with E-state index >= 15 is 0 Å². The van der Waals surface area contributed by atoms with Gasteiger partial charge in [0.15, 0.2) is 0 Å². The molecule has 2 saturated heterocycles. The number of nitrogens with one attached hydrogen (secondary N) is 2. The standard InChI is InChI=1S/C26H26ClN3O2/c1-17-16-18(8-9-23(17)27)19-4-2-6-21-20(19)5-3-7-22(21)24(31)30-14-10-26(11-15-30)25(32)28-12-13-29-26/h2-9,16,29H,10-15H2,1H3,(H,28,32). The lowest BCUT2D eigenvalue weighted by Gasteiger charge is -2.43. The third-order valence-electron chi connectivity index (χ3n) is 6.83. The van der Waals surface area contributed by atoms with Crippen LogP contribution in [0.3, 0.4) is 0 Å². The Morgan fingerprint density at radius 2 is 1.75 bits per heavy atom. The molecule has 0 radical (unpaired) electrons. The number of amides is 2. The largest absolute Gasteiger partial charge is 0.353 e. The molecule has 2 fully saturated rings. The zero-order chi connectivity index (χ0) is 22.3. The summed E-state index contributed by atoms with van der Waals surface area (Å²) in [5, 5.41) is 9.08. The number of carbonyl (C=O) groups excluding carboxylic acids is 2. The molecule has 5 rings (SSSR count). The predicted molar refractivity (Wildman–Crippen MR) is 128 cm³/mol. The van der Waals surface area contributed by atoms with Gasteiger partial charge >= 0.3 is 0 Å². The number of rotatable bonds is 2. The van der Waals surface area contributed by atoms with E-state index in [1.54, 1.807) is 0 Å². The van der Waals surface area contributed by atoms with Crippen LogP contribution < -0.4 is 10.6 Å². The number of fused-ring (bicyclic) bond motifs is 1. The first-order valence-corrected chi connectivity index (χ1v) is 11.5. The summed E-state index contributed by atoms with van der Waals surface area (Å²) < 4.78 is 0. The van der Waals surface area contributed by atoms with Crippen LogP contribution in [0.25, 0.3) is 21.9 Å². The molecule has 0 bridgehead atoms. The van der Waals surface area contributed by atoms with Crippen LogP contribution in [0, 0.1) is 6.92 Å². The van der Waals surface area contributed by atoms with E-state index in [2.05, 4.69) is 28.8 Å². The molecular formula is C26H26ClN3O2. The lowest BCUT2D eigenvalue weighted by molar-refractivity contribution is -0.131. The Bertz CT molecular complexity index is 1210. The van der Waals surface area contributed by atoms with Crippen molar-refractivity contribution in [3.8, 4) is 11.1 Å². The first-order chi connectivity index (χ1) is 15.5. The number of halogens is 1. The zero-order valence-corrected chi connectivity index (χ0v) is 18.8. The Balaban J connectivity index is 1.45. The molecule has 3 aromatic carbocycles. The van der Waals surface area contributed by atoms with Gasteiger partial charge in [-0.05, 0) is 65.4 Å². The highest BCUT2D eigenvalue weighted by Gasteiger charge is 2.43. The molecule has 2 heterocycles. The van der Waals surface area contributed by atoms with Crippen molar-refractivity contribution in [3.05, 3.63) is 70.7 Å². The van der Waals surface area contributed by atoms with Gasteiger partial charge in [-0.25, -0.2) is 0 Å². The molecule has 0 atom stereocenters. The summed E-state index contributed by atoms with van der Waals surface area (Å²) in [6.07, 6.45) is 1.26. The Hall–Kier alpha value is -2.89. The first-order valence-electron chi connectivity index (χ1n) is 11.1. The van der Waals surface area contributed by atoms with E-state index in [0.29, 0.717) is 38.0 Å². The molecule has 6 heteroatoms. The van der Waals surface area contributed by atoms with E-state index in [-0.39, 0.29) is 11.8 Å². The van der Waals surface area contributed by atoms with Gasteiger partial charge in [-0.3, -0.25) is 9.59 Å². The summed E-state index contributed by atoms with van der Waals surface area (Å²) in [6, 6.07) is 18.0. The van der Waals surface area contributed by atoms with Crippen molar-refractivity contribution in [2.75, 3.05) is 26.2 Å². The summed E-state index contributed by atoms with van der Waals surface area (Å²) in [7, 11) is 0. The molecule has 0 aliphatic carbocycles. The number of piperidine rings is 1. The predicted octanol–water partition coefficient (Wildman–Crippen LogP) is 4.16. The van der Waals surface area contributed by atoms with Crippen LogP contribution in [0.1, 0.15) is 28.8 Å². The maximum atomic E-state index is 13.5. The van der Waals surface area contributed by atoms with Crippen LogP contribution >= 0.6 is 11.6 Å². The molecule has 5 nitrogen and oxygen atoms in total. The number of nitrogens with zero attached hydrogens (tertiary/aromatic N) is 1. The van der Waals surface area contributed by atoms with Gasteiger partial charge in [0.2, 0.25) is 5.91 Å². The Kier molecular flexibility index (Phi) is 5.39. The van der Waals surface area contributed by atoms with Crippen molar-refractivity contribution in [2.45, 2.75) is 25.3 Å². The fraction of sp³-hybridized carbons (Fsp3) is 0.308. The Morgan fingerprint density at radius 1 is 1.00 bits per heavy atom. The maximum absolute atomic E-state index is 13.5. The second-order valence-corrected chi connectivity index (χ2v) is 9.13. The van der Waals surface area contributed by atoms with Gasteiger partial charge in [0.25, 0.3) is 5.91 Å². The van der Waals surface area contributed by atoms with E-state index in [0.717, 1.165) is 39.0 Å². The second kappa shape index (κ2) is 8.23. The van der Waals surface area contributed by atoms with Crippen LogP contribution in [0.5, 0.6) is 0 Å². The van der Waals surface area contributed by atoms with E-state index < -0.39 is 5.54 Å². The molecule has 2 amide bonds. The summed E-state index contributed by atoms with van der Waals surface area (Å²) in [5.74, 6) is 0.0787. The molecule has 1 spiro atoms. The minimum atomic E-state index is -0.534. The van der Waals surface area contributed by atoms with Crippen molar-refractivity contribution >= 4 is 34.2 Å². The highest BCUT2D eigenvalue weighted by Crippen LogP contribution is 2.33. The van der Waals surface area contributed by atoms with Gasteiger partial charge in [-0.1, -0.05) is 48.0 Å². The monoisotopic (exact) mass is 447 g/mol. The average Bonchev–Trinajstić information content (AvgIpc) is 2.82. The normalized spacial score (nSPS) is 18.1. The Morgan fingerprint density at radius 3 is 2.50 bits per heavy atom. The quantitative estimate of drug-likeness (QED) is 0.620. The van der Waals surface area contributed by atoms with Crippen molar-refractivity contribution < 1.29 is 9.59 Å². The van der Waals surface area contributed by atoms with E-state index in [4.69, 9.17) is 11.6 Å². The minimum absolute atomic E-state index is 0.0195. The fourth-order valence-electron chi connectivity index (χ4n) is 4.95. The number of hydrogen-bond acceptors (Lipinski definition) is 3.